The number of imidazole rings is 1. The van der Waals surface area contributed by atoms with E-state index < -0.39 is 0 Å². The molecule has 6 nitrogen and oxygen atoms in total. The van der Waals surface area contributed by atoms with Gasteiger partial charge in [0.25, 0.3) is 0 Å². The minimum atomic E-state index is 0.300. The lowest BCUT2D eigenvalue weighted by molar-refractivity contribution is 0.146. The van der Waals surface area contributed by atoms with Crippen molar-refractivity contribution in [1.82, 2.24) is 14.6 Å². The van der Waals surface area contributed by atoms with Crippen LogP contribution in [0.15, 0.2) is 42.6 Å². The van der Waals surface area contributed by atoms with E-state index in [0.29, 0.717) is 25.2 Å². The van der Waals surface area contributed by atoms with Gasteiger partial charge in [0.15, 0.2) is 5.65 Å². The fraction of sp³-hybridized carbons (Fsp3) is 0.400. The average molecular weight is 353 g/mol. The lowest BCUT2D eigenvalue weighted by atomic mass is 10.2. The quantitative estimate of drug-likeness (QED) is 0.606. The van der Waals surface area contributed by atoms with Gasteiger partial charge in [0.1, 0.15) is 18.5 Å². The summed E-state index contributed by atoms with van der Waals surface area (Å²) in [7, 11) is 1.66. The van der Waals surface area contributed by atoms with Gasteiger partial charge in [-0.25, -0.2) is 9.50 Å². The Morgan fingerprint density at radius 1 is 1.04 bits per heavy atom. The summed E-state index contributed by atoms with van der Waals surface area (Å²) in [6.07, 6.45) is 6.95. The summed E-state index contributed by atoms with van der Waals surface area (Å²) in [4.78, 5) is 4.65. The molecule has 0 N–H and O–H groups in total. The van der Waals surface area contributed by atoms with Crippen molar-refractivity contribution >= 4 is 5.65 Å². The summed E-state index contributed by atoms with van der Waals surface area (Å²) in [5, 5.41) is 4.55. The second-order valence-electron chi connectivity index (χ2n) is 6.49. The normalized spacial score (nSPS) is 14.8. The lowest BCUT2D eigenvalue weighted by Crippen LogP contribution is -2.12. The first kappa shape index (κ1) is 16.8. The molecule has 2 heterocycles. The highest BCUT2D eigenvalue weighted by Crippen LogP contribution is 2.25. The fourth-order valence-corrected chi connectivity index (χ4v) is 3.21. The SMILES string of the molecule is COCCOc1ccc(-c2cn3nc(OC4CCCC4)ccc3n2)cc1. The standard InChI is InChI=1S/C20H23N3O3/c1-24-12-13-25-16-8-6-15(7-9-16)18-14-23-19(21-18)10-11-20(22-23)26-17-4-2-3-5-17/h6-11,14,17H,2-5,12-13H2,1H3. The first-order chi connectivity index (χ1) is 12.8. The number of ether oxygens (including phenoxy) is 3. The summed E-state index contributed by atoms with van der Waals surface area (Å²) in [6, 6.07) is 11.7. The van der Waals surface area contributed by atoms with Gasteiger partial charge in [0.05, 0.1) is 18.5 Å². The number of methoxy groups -OCH3 is 1. The van der Waals surface area contributed by atoms with E-state index in [0.717, 1.165) is 35.5 Å². The molecular formula is C20H23N3O3. The lowest BCUT2D eigenvalue weighted by Gasteiger charge is -2.11. The van der Waals surface area contributed by atoms with Crippen LogP contribution in [-0.4, -0.2) is 41.0 Å². The maximum Gasteiger partial charge on any atom is 0.232 e. The van der Waals surface area contributed by atoms with Gasteiger partial charge in [-0.3, -0.25) is 0 Å². The summed E-state index contributed by atoms with van der Waals surface area (Å²) in [6.45, 7) is 1.11. The van der Waals surface area contributed by atoms with E-state index >= 15 is 0 Å². The van der Waals surface area contributed by atoms with Crippen molar-refractivity contribution < 1.29 is 14.2 Å². The molecule has 0 saturated heterocycles. The molecule has 0 spiro atoms. The van der Waals surface area contributed by atoms with Gasteiger partial charge < -0.3 is 14.2 Å². The van der Waals surface area contributed by atoms with Crippen LogP contribution in [0.3, 0.4) is 0 Å². The first-order valence-electron chi connectivity index (χ1n) is 9.07. The van der Waals surface area contributed by atoms with Crippen LogP contribution in [0, 0.1) is 0 Å². The highest BCUT2D eigenvalue weighted by atomic mass is 16.5. The Hall–Kier alpha value is -2.60. The number of fused-ring (bicyclic) bond motifs is 1. The Labute approximate surface area is 152 Å². The molecular weight excluding hydrogens is 330 g/mol. The van der Waals surface area contributed by atoms with E-state index in [1.807, 2.05) is 42.6 Å². The molecule has 0 aliphatic heterocycles. The molecule has 2 aromatic heterocycles. The van der Waals surface area contributed by atoms with Crippen molar-refractivity contribution in [2.24, 2.45) is 0 Å². The van der Waals surface area contributed by atoms with Gasteiger partial charge in [0, 0.05) is 18.7 Å². The molecule has 0 unspecified atom stereocenters. The third-order valence-electron chi connectivity index (χ3n) is 4.59. The average Bonchev–Trinajstić information content (AvgIpc) is 3.32. The number of rotatable bonds is 7. The largest absolute Gasteiger partial charge is 0.491 e. The Balaban J connectivity index is 1.49. The molecule has 6 heteroatoms. The molecule has 0 bridgehead atoms. The third-order valence-corrected chi connectivity index (χ3v) is 4.59. The number of benzene rings is 1. The van der Waals surface area contributed by atoms with Crippen molar-refractivity contribution in [2.45, 2.75) is 31.8 Å². The van der Waals surface area contributed by atoms with Crippen LogP contribution in [0.5, 0.6) is 11.6 Å². The van der Waals surface area contributed by atoms with E-state index in [1.54, 1.807) is 11.6 Å². The molecule has 26 heavy (non-hydrogen) atoms. The Morgan fingerprint density at radius 3 is 2.62 bits per heavy atom. The van der Waals surface area contributed by atoms with Crippen LogP contribution >= 0.6 is 0 Å². The van der Waals surface area contributed by atoms with Crippen LogP contribution in [-0.2, 0) is 4.74 Å². The first-order valence-corrected chi connectivity index (χ1v) is 9.07. The Kier molecular flexibility index (Phi) is 5.02. The van der Waals surface area contributed by atoms with Gasteiger partial charge in [-0.1, -0.05) is 0 Å². The van der Waals surface area contributed by atoms with E-state index in [-0.39, 0.29) is 0 Å². The van der Waals surface area contributed by atoms with Crippen LogP contribution in [0.2, 0.25) is 0 Å². The predicted octanol–water partition coefficient (Wildman–Crippen LogP) is 3.74. The van der Waals surface area contributed by atoms with Gasteiger partial charge in [-0.15, -0.1) is 5.10 Å². The number of hydrogen-bond acceptors (Lipinski definition) is 5. The fourth-order valence-electron chi connectivity index (χ4n) is 3.21. The van der Waals surface area contributed by atoms with E-state index in [4.69, 9.17) is 14.2 Å². The Bertz CT molecular complexity index is 854. The third kappa shape index (κ3) is 3.80. The highest BCUT2D eigenvalue weighted by Gasteiger charge is 2.17. The molecule has 0 atom stereocenters. The Morgan fingerprint density at radius 2 is 1.85 bits per heavy atom. The van der Waals surface area contributed by atoms with E-state index in [9.17, 15) is 0 Å². The molecule has 4 rings (SSSR count). The summed E-state index contributed by atoms with van der Waals surface area (Å²) in [5.74, 6) is 1.48. The van der Waals surface area contributed by atoms with Crippen LogP contribution in [0.25, 0.3) is 16.9 Å². The minimum absolute atomic E-state index is 0.300. The molecule has 0 radical (unpaired) electrons. The summed E-state index contributed by atoms with van der Waals surface area (Å²) < 4.78 is 18.3. The maximum absolute atomic E-state index is 5.97. The van der Waals surface area contributed by atoms with Gasteiger partial charge in [-0.05, 0) is 56.0 Å². The second-order valence-corrected chi connectivity index (χ2v) is 6.49. The number of hydrogen-bond donors (Lipinski definition) is 0. The number of nitrogens with zero attached hydrogens (tertiary/aromatic N) is 3. The van der Waals surface area contributed by atoms with E-state index in [1.165, 1.54) is 12.8 Å². The van der Waals surface area contributed by atoms with Crippen molar-refractivity contribution in [3.05, 3.63) is 42.6 Å². The molecule has 1 fully saturated rings. The zero-order valence-corrected chi connectivity index (χ0v) is 14.9. The van der Waals surface area contributed by atoms with Crippen molar-refractivity contribution in [1.29, 1.82) is 0 Å². The van der Waals surface area contributed by atoms with Crippen molar-refractivity contribution in [3.63, 3.8) is 0 Å². The van der Waals surface area contributed by atoms with Crippen LogP contribution < -0.4 is 9.47 Å². The summed E-state index contributed by atoms with van der Waals surface area (Å²) in [5.41, 5.74) is 2.70. The second kappa shape index (κ2) is 7.74. The molecule has 1 aliphatic rings. The summed E-state index contributed by atoms with van der Waals surface area (Å²) >= 11 is 0. The molecule has 136 valence electrons. The van der Waals surface area contributed by atoms with Crippen LogP contribution in [0.4, 0.5) is 0 Å². The monoisotopic (exact) mass is 353 g/mol. The van der Waals surface area contributed by atoms with Gasteiger partial charge in [0.2, 0.25) is 5.88 Å². The zero-order valence-electron chi connectivity index (χ0n) is 14.9. The van der Waals surface area contributed by atoms with Gasteiger partial charge >= 0.3 is 0 Å². The topological polar surface area (TPSA) is 57.9 Å². The maximum atomic E-state index is 5.97. The smallest absolute Gasteiger partial charge is 0.232 e. The van der Waals surface area contributed by atoms with E-state index in [2.05, 4.69) is 10.1 Å². The molecule has 0 amide bonds. The van der Waals surface area contributed by atoms with Crippen molar-refractivity contribution in [3.8, 4) is 22.9 Å². The predicted molar refractivity (Wildman–Crippen MR) is 98.7 cm³/mol. The molecule has 1 saturated carbocycles. The molecule has 3 aromatic rings. The van der Waals surface area contributed by atoms with Crippen LogP contribution in [0.1, 0.15) is 25.7 Å². The minimum Gasteiger partial charge on any atom is -0.491 e. The molecule has 1 aromatic carbocycles. The highest BCUT2D eigenvalue weighted by molar-refractivity contribution is 5.63. The van der Waals surface area contributed by atoms with Gasteiger partial charge in [-0.2, -0.15) is 0 Å². The molecule has 1 aliphatic carbocycles. The van der Waals surface area contributed by atoms with Crippen molar-refractivity contribution in [2.75, 3.05) is 20.3 Å². The zero-order chi connectivity index (χ0) is 17.8. The number of aromatic nitrogens is 3.